The zero-order chi connectivity index (χ0) is 16.3. The maximum Gasteiger partial charge on any atom is 0.265 e. The van der Waals surface area contributed by atoms with E-state index in [1.165, 1.54) is 4.31 Å². The van der Waals surface area contributed by atoms with Crippen molar-refractivity contribution in [1.82, 2.24) is 4.31 Å². The van der Waals surface area contributed by atoms with Gasteiger partial charge in [-0.2, -0.15) is 0 Å². The van der Waals surface area contributed by atoms with Gasteiger partial charge in [0.15, 0.2) is 0 Å². The van der Waals surface area contributed by atoms with E-state index in [2.05, 4.69) is 4.99 Å². The molecule has 2 aromatic carbocycles. The fourth-order valence-corrected chi connectivity index (χ4v) is 3.99. The molecule has 0 N–H and O–H groups in total. The van der Waals surface area contributed by atoms with Gasteiger partial charge in [0.05, 0.1) is 25.1 Å². The Labute approximate surface area is 136 Å². The maximum atomic E-state index is 12.8. The SMILES string of the molecule is COc1ccc(S(=O)(=O)N2CCN=C2Cc2ccccc2)cc1. The number of hydrogen-bond donors (Lipinski definition) is 0. The molecule has 0 aromatic heterocycles. The minimum Gasteiger partial charge on any atom is -0.497 e. The van der Waals surface area contributed by atoms with Gasteiger partial charge in [0.1, 0.15) is 11.6 Å². The highest BCUT2D eigenvalue weighted by molar-refractivity contribution is 7.89. The summed E-state index contributed by atoms with van der Waals surface area (Å²) in [4.78, 5) is 4.63. The first-order chi connectivity index (χ1) is 11.1. The molecule has 23 heavy (non-hydrogen) atoms. The van der Waals surface area contributed by atoms with Crippen molar-refractivity contribution in [2.75, 3.05) is 20.2 Å². The van der Waals surface area contributed by atoms with Gasteiger partial charge in [-0.05, 0) is 29.8 Å². The molecule has 0 radical (unpaired) electrons. The minimum absolute atomic E-state index is 0.251. The number of amidine groups is 1. The number of sulfonamides is 1. The predicted molar refractivity (Wildman–Crippen MR) is 89.3 cm³/mol. The molecule has 0 unspecified atom stereocenters. The van der Waals surface area contributed by atoms with Crippen molar-refractivity contribution in [2.45, 2.75) is 11.3 Å². The molecule has 1 aliphatic heterocycles. The van der Waals surface area contributed by atoms with Crippen molar-refractivity contribution in [2.24, 2.45) is 4.99 Å². The molecular formula is C17H18N2O3S. The van der Waals surface area contributed by atoms with Crippen LogP contribution in [0, 0.1) is 0 Å². The summed E-state index contributed by atoms with van der Waals surface area (Å²) in [5.41, 5.74) is 1.04. The molecular weight excluding hydrogens is 312 g/mol. The Morgan fingerprint density at radius 2 is 1.78 bits per heavy atom. The van der Waals surface area contributed by atoms with Gasteiger partial charge in [-0.1, -0.05) is 30.3 Å². The molecule has 5 nitrogen and oxygen atoms in total. The molecule has 2 aromatic rings. The molecule has 0 bridgehead atoms. The van der Waals surface area contributed by atoms with Gasteiger partial charge in [-0.25, -0.2) is 8.42 Å². The van der Waals surface area contributed by atoms with Crippen molar-refractivity contribution in [1.29, 1.82) is 0 Å². The van der Waals surface area contributed by atoms with E-state index in [1.54, 1.807) is 31.4 Å². The van der Waals surface area contributed by atoms with E-state index in [0.29, 0.717) is 31.1 Å². The Bertz CT molecular complexity index is 799. The zero-order valence-corrected chi connectivity index (χ0v) is 13.7. The summed E-state index contributed by atoms with van der Waals surface area (Å²) in [6.45, 7) is 0.883. The number of benzene rings is 2. The molecule has 3 rings (SSSR count). The Balaban J connectivity index is 1.85. The summed E-state index contributed by atoms with van der Waals surface area (Å²) < 4.78 is 32.2. The van der Waals surface area contributed by atoms with E-state index < -0.39 is 10.0 Å². The van der Waals surface area contributed by atoms with Gasteiger partial charge in [-0.15, -0.1) is 0 Å². The van der Waals surface area contributed by atoms with E-state index in [1.807, 2.05) is 30.3 Å². The number of aliphatic imine (C=N–C) groups is 1. The number of rotatable bonds is 5. The number of hydrogen-bond acceptors (Lipinski definition) is 4. The number of nitrogens with zero attached hydrogens (tertiary/aromatic N) is 2. The summed E-state index contributed by atoms with van der Waals surface area (Å²) in [7, 11) is -2.04. The van der Waals surface area contributed by atoms with Crippen LogP contribution in [0.15, 0.2) is 64.5 Å². The predicted octanol–water partition coefficient (Wildman–Crippen LogP) is 2.34. The number of methoxy groups -OCH3 is 1. The topological polar surface area (TPSA) is 59.0 Å². The fourth-order valence-electron chi connectivity index (χ4n) is 2.53. The third kappa shape index (κ3) is 3.22. The van der Waals surface area contributed by atoms with Crippen LogP contribution in [0.25, 0.3) is 0 Å². The van der Waals surface area contributed by atoms with Crippen molar-refractivity contribution in [3.05, 3.63) is 60.2 Å². The summed E-state index contributed by atoms with van der Waals surface area (Å²) in [6.07, 6.45) is 0.510. The van der Waals surface area contributed by atoms with Crippen LogP contribution >= 0.6 is 0 Å². The monoisotopic (exact) mass is 330 g/mol. The van der Waals surface area contributed by atoms with E-state index in [9.17, 15) is 8.42 Å². The first kappa shape index (κ1) is 15.6. The van der Waals surface area contributed by atoms with Gasteiger partial charge in [0.2, 0.25) is 0 Å². The highest BCUT2D eigenvalue weighted by Gasteiger charge is 2.30. The normalized spacial score (nSPS) is 14.7. The molecule has 1 heterocycles. The largest absolute Gasteiger partial charge is 0.497 e. The van der Waals surface area contributed by atoms with E-state index in [0.717, 1.165) is 5.56 Å². The average Bonchev–Trinajstić information content (AvgIpc) is 3.05. The first-order valence-corrected chi connectivity index (χ1v) is 8.79. The van der Waals surface area contributed by atoms with Crippen LogP contribution < -0.4 is 4.74 Å². The van der Waals surface area contributed by atoms with Crippen LogP contribution in [0.3, 0.4) is 0 Å². The minimum atomic E-state index is -3.59. The average molecular weight is 330 g/mol. The summed E-state index contributed by atoms with van der Waals surface area (Å²) in [5, 5.41) is 0. The molecule has 0 spiro atoms. The van der Waals surface area contributed by atoms with Gasteiger partial charge < -0.3 is 4.74 Å². The van der Waals surface area contributed by atoms with Crippen LogP contribution in [-0.4, -0.2) is 38.8 Å². The zero-order valence-electron chi connectivity index (χ0n) is 12.8. The van der Waals surface area contributed by atoms with Crippen molar-refractivity contribution < 1.29 is 13.2 Å². The van der Waals surface area contributed by atoms with Crippen LogP contribution in [-0.2, 0) is 16.4 Å². The van der Waals surface area contributed by atoms with E-state index >= 15 is 0 Å². The molecule has 0 aliphatic carbocycles. The van der Waals surface area contributed by atoms with Crippen molar-refractivity contribution in [3.8, 4) is 5.75 Å². The quantitative estimate of drug-likeness (QED) is 0.845. The second kappa shape index (κ2) is 6.42. The second-order valence-corrected chi connectivity index (χ2v) is 7.08. The molecule has 0 fully saturated rings. The lowest BCUT2D eigenvalue weighted by molar-refractivity contribution is 0.414. The Kier molecular flexibility index (Phi) is 4.34. The van der Waals surface area contributed by atoms with Gasteiger partial charge in [-0.3, -0.25) is 9.30 Å². The van der Waals surface area contributed by atoms with E-state index in [-0.39, 0.29) is 4.90 Å². The van der Waals surface area contributed by atoms with Gasteiger partial charge in [0.25, 0.3) is 10.0 Å². The lowest BCUT2D eigenvalue weighted by Gasteiger charge is -2.20. The fraction of sp³-hybridized carbons (Fsp3) is 0.235. The highest BCUT2D eigenvalue weighted by Crippen LogP contribution is 2.22. The molecule has 0 saturated carbocycles. The Morgan fingerprint density at radius 1 is 1.09 bits per heavy atom. The van der Waals surface area contributed by atoms with Gasteiger partial charge >= 0.3 is 0 Å². The van der Waals surface area contributed by atoms with Gasteiger partial charge in [0, 0.05) is 6.42 Å². The lowest BCUT2D eigenvalue weighted by atomic mass is 10.1. The van der Waals surface area contributed by atoms with Crippen molar-refractivity contribution in [3.63, 3.8) is 0 Å². The smallest absolute Gasteiger partial charge is 0.265 e. The Morgan fingerprint density at radius 3 is 2.43 bits per heavy atom. The third-order valence-electron chi connectivity index (χ3n) is 3.74. The molecule has 6 heteroatoms. The molecule has 0 saturated heterocycles. The van der Waals surface area contributed by atoms with Crippen LogP contribution in [0.5, 0.6) is 5.75 Å². The summed E-state index contributed by atoms with van der Waals surface area (Å²) in [6, 6.07) is 16.2. The third-order valence-corrected chi connectivity index (χ3v) is 5.58. The standard InChI is InChI=1S/C17H18N2O3S/c1-22-15-7-9-16(10-8-15)23(20,21)19-12-11-18-17(19)13-14-5-3-2-4-6-14/h2-10H,11-13H2,1H3. The summed E-state index contributed by atoms with van der Waals surface area (Å²) in [5.74, 6) is 1.22. The van der Waals surface area contributed by atoms with Crippen LogP contribution in [0.1, 0.15) is 5.56 Å². The first-order valence-electron chi connectivity index (χ1n) is 7.35. The van der Waals surface area contributed by atoms with E-state index in [4.69, 9.17) is 4.74 Å². The lowest BCUT2D eigenvalue weighted by Crippen LogP contribution is -2.35. The van der Waals surface area contributed by atoms with Crippen molar-refractivity contribution >= 4 is 15.9 Å². The Hall–Kier alpha value is -2.34. The second-order valence-electron chi connectivity index (χ2n) is 5.21. The molecule has 0 amide bonds. The van der Waals surface area contributed by atoms with Crippen LogP contribution in [0.4, 0.5) is 0 Å². The van der Waals surface area contributed by atoms with Crippen LogP contribution in [0.2, 0.25) is 0 Å². The highest BCUT2D eigenvalue weighted by atomic mass is 32.2. The molecule has 0 atom stereocenters. The molecule has 1 aliphatic rings. The maximum absolute atomic E-state index is 12.8. The summed E-state index contributed by atoms with van der Waals surface area (Å²) >= 11 is 0. The molecule has 120 valence electrons. The number of ether oxygens (including phenoxy) is 1.